The number of nitrogens with two attached hydrogens (primary N) is 2. The van der Waals surface area contributed by atoms with Crippen molar-refractivity contribution in [1.82, 2.24) is 24.8 Å². The molecule has 0 spiro atoms. The van der Waals surface area contributed by atoms with E-state index in [9.17, 15) is 14.4 Å². The predicted octanol–water partition coefficient (Wildman–Crippen LogP) is -1.66. The van der Waals surface area contributed by atoms with Crippen LogP contribution in [-0.4, -0.2) is 31.6 Å². The Morgan fingerprint density at radius 3 is 2.82 bits per heavy atom. The number of urea groups is 1. The lowest BCUT2D eigenvalue weighted by Gasteiger charge is -2.01. The summed E-state index contributed by atoms with van der Waals surface area (Å²) in [5.74, 6) is -0.170. The van der Waals surface area contributed by atoms with E-state index in [4.69, 9.17) is 11.5 Å². The monoisotopic (exact) mass is 237 g/mol. The Hall–Kier alpha value is -2.91. The van der Waals surface area contributed by atoms with Gasteiger partial charge in [-0.1, -0.05) is 0 Å². The summed E-state index contributed by atoms with van der Waals surface area (Å²) >= 11 is 0. The topological polar surface area (TPSA) is 162 Å². The Morgan fingerprint density at radius 1 is 1.47 bits per heavy atom. The Labute approximate surface area is 92.6 Å². The van der Waals surface area contributed by atoms with Crippen molar-refractivity contribution in [1.29, 1.82) is 0 Å². The molecule has 2 rings (SSSR count). The number of fused-ring (bicyclic) bond motifs is 1. The molecule has 88 valence electrons. The first-order valence-corrected chi connectivity index (χ1v) is 4.32. The average molecular weight is 237 g/mol. The Balaban J connectivity index is 2.60. The van der Waals surface area contributed by atoms with Gasteiger partial charge < -0.3 is 11.5 Å². The van der Waals surface area contributed by atoms with Crippen LogP contribution in [0.5, 0.6) is 0 Å². The number of anilines is 1. The van der Waals surface area contributed by atoms with Crippen LogP contribution >= 0.6 is 0 Å². The number of imide groups is 1. The normalized spacial score (nSPS) is 10.4. The zero-order chi connectivity index (χ0) is 12.6. The molecule has 10 nitrogen and oxygen atoms in total. The van der Waals surface area contributed by atoms with E-state index in [1.807, 2.05) is 0 Å². The smallest absolute Gasteiger partial charge is 0.336 e. The minimum atomic E-state index is -1.03. The Kier molecular flexibility index (Phi) is 2.24. The quantitative estimate of drug-likeness (QED) is 0.428. The van der Waals surface area contributed by atoms with Crippen molar-refractivity contribution in [3.8, 4) is 0 Å². The van der Waals surface area contributed by atoms with Gasteiger partial charge in [0, 0.05) is 0 Å². The minimum absolute atomic E-state index is 0.0648. The lowest BCUT2D eigenvalue weighted by atomic mass is 10.5. The third kappa shape index (κ3) is 1.78. The number of nitrogens with zero attached hydrogens (tertiary/aromatic N) is 3. The highest BCUT2D eigenvalue weighted by molar-refractivity contribution is 5.97. The van der Waals surface area contributed by atoms with Gasteiger partial charge in [-0.3, -0.25) is 15.1 Å². The molecule has 0 aliphatic rings. The van der Waals surface area contributed by atoms with Gasteiger partial charge in [-0.05, 0) is 0 Å². The van der Waals surface area contributed by atoms with E-state index in [-0.39, 0.29) is 17.1 Å². The number of carbonyl (C=O) groups excluding carboxylic acids is 2. The van der Waals surface area contributed by atoms with E-state index in [1.54, 1.807) is 5.32 Å². The van der Waals surface area contributed by atoms with E-state index in [0.29, 0.717) is 0 Å². The number of hydrogen-bond acceptors (Lipinski definition) is 6. The third-order valence-electron chi connectivity index (χ3n) is 1.87. The van der Waals surface area contributed by atoms with Crippen LogP contribution in [0.4, 0.5) is 15.5 Å². The Morgan fingerprint density at radius 2 is 2.18 bits per heavy atom. The molecule has 2 heterocycles. The van der Waals surface area contributed by atoms with E-state index in [1.165, 1.54) is 0 Å². The van der Waals surface area contributed by atoms with Crippen molar-refractivity contribution < 1.29 is 9.59 Å². The fourth-order valence-electron chi connectivity index (χ4n) is 1.24. The standard InChI is InChI=1S/C7H7N7O3/c8-5-11-3-2(4(15)12-5)10-1-14(3)7(17)13-6(9)16/h1H,(H3,8,11,12,15)(H3,9,13,16,17). The SMILES string of the molecule is NC(=O)NC(=O)n1cnc2c(=O)[nH]c(N)nc21. The highest BCUT2D eigenvalue weighted by Gasteiger charge is 2.15. The molecule has 2 aromatic rings. The van der Waals surface area contributed by atoms with Crippen LogP contribution in [0.15, 0.2) is 11.1 Å². The van der Waals surface area contributed by atoms with Gasteiger partial charge >= 0.3 is 12.1 Å². The number of nitrogens with one attached hydrogen (secondary N) is 2. The summed E-state index contributed by atoms with van der Waals surface area (Å²) in [4.78, 5) is 43.0. The summed E-state index contributed by atoms with van der Waals surface area (Å²) in [7, 11) is 0. The molecule has 6 N–H and O–H groups in total. The number of hydrogen-bond donors (Lipinski definition) is 4. The molecule has 0 atom stereocenters. The average Bonchev–Trinajstić information content (AvgIpc) is 2.59. The second kappa shape index (κ2) is 3.59. The highest BCUT2D eigenvalue weighted by Crippen LogP contribution is 2.05. The van der Waals surface area contributed by atoms with Gasteiger partial charge in [-0.25, -0.2) is 19.1 Å². The molecule has 0 radical (unpaired) electrons. The zero-order valence-corrected chi connectivity index (χ0v) is 8.30. The molecule has 0 fully saturated rings. The van der Waals surface area contributed by atoms with Crippen molar-refractivity contribution in [3.05, 3.63) is 16.7 Å². The summed E-state index contributed by atoms with van der Waals surface area (Å²) in [6.45, 7) is 0. The fourth-order valence-corrected chi connectivity index (χ4v) is 1.24. The van der Waals surface area contributed by atoms with E-state index in [2.05, 4.69) is 15.0 Å². The molecular formula is C7H7N7O3. The van der Waals surface area contributed by atoms with Crippen LogP contribution < -0.4 is 22.3 Å². The number of aromatic nitrogens is 4. The molecule has 0 aliphatic heterocycles. The lowest BCUT2D eigenvalue weighted by Crippen LogP contribution is -2.37. The minimum Gasteiger partial charge on any atom is -0.369 e. The number of rotatable bonds is 0. The van der Waals surface area contributed by atoms with Crippen LogP contribution in [0.3, 0.4) is 0 Å². The highest BCUT2D eigenvalue weighted by atomic mass is 16.2. The largest absolute Gasteiger partial charge is 0.369 e. The number of H-pyrrole nitrogens is 1. The molecule has 10 heteroatoms. The van der Waals surface area contributed by atoms with Gasteiger partial charge in [0.05, 0.1) is 0 Å². The second-order valence-corrected chi connectivity index (χ2v) is 3.03. The molecule has 0 saturated heterocycles. The second-order valence-electron chi connectivity index (χ2n) is 3.03. The maximum Gasteiger partial charge on any atom is 0.336 e. The first-order chi connectivity index (χ1) is 7.99. The van der Waals surface area contributed by atoms with Crippen LogP contribution in [0.2, 0.25) is 0 Å². The van der Waals surface area contributed by atoms with Crippen LogP contribution in [-0.2, 0) is 0 Å². The predicted molar refractivity (Wildman–Crippen MR) is 56.1 cm³/mol. The van der Waals surface area contributed by atoms with E-state index >= 15 is 0 Å². The number of imidazole rings is 1. The fraction of sp³-hybridized carbons (Fsp3) is 0. The van der Waals surface area contributed by atoms with Gasteiger partial charge in [-0.15, -0.1) is 0 Å². The van der Waals surface area contributed by atoms with Crippen LogP contribution in [0.25, 0.3) is 11.2 Å². The molecule has 0 bridgehead atoms. The first kappa shape index (κ1) is 10.6. The number of nitrogen functional groups attached to an aromatic ring is 1. The molecule has 17 heavy (non-hydrogen) atoms. The van der Waals surface area contributed by atoms with Crippen LogP contribution in [0, 0.1) is 0 Å². The maximum absolute atomic E-state index is 11.5. The molecular weight excluding hydrogens is 230 g/mol. The van der Waals surface area contributed by atoms with Crippen molar-refractivity contribution >= 4 is 29.2 Å². The van der Waals surface area contributed by atoms with E-state index < -0.39 is 17.6 Å². The number of primary amides is 1. The summed E-state index contributed by atoms with van der Waals surface area (Å²) in [6, 6.07) is -1.91. The zero-order valence-electron chi connectivity index (χ0n) is 8.30. The van der Waals surface area contributed by atoms with Gasteiger partial charge in [-0.2, -0.15) is 4.98 Å². The summed E-state index contributed by atoms with van der Waals surface area (Å²) < 4.78 is 0.853. The number of carbonyl (C=O) groups is 2. The molecule has 0 unspecified atom stereocenters. The van der Waals surface area contributed by atoms with Gasteiger partial charge in [0.15, 0.2) is 11.2 Å². The first-order valence-electron chi connectivity index (χ1n) is 4.32. The summed E-state index contributed by atoms with van der Waals surface area (Å²) in [5, 5.41) is 1.81. The van der Waals surface area contributed by atoms with Gasteiger partial charge in [0.25, 0.3) is 5.56 Å². The van der Waals surface area contributed by atoms with Gasteiger partial charge in [0.2, 0.25) is 5.95 Å². The molecule has 0 aromatic carbocycles. The molecule has 0 aliphatic carbocycles. The number of amides is 3. The third-order valence-corrected chi connectivity index (χ3v) is 1.87. The van der Waals surface area contributed by atoms with Crippen molar-refractivity contribution in [3.63, 3.8) is 0 Å². The lowest BCUT2D eigenvalue weighted by molar-refractivity contribution is 0.233. The van der Waals surface area contributed by atoms with Crippen LogP contribution in [0.1, 0.15) is 0 Å². The van der Waals surface area contributed by atoms with Gasteiger partial charge in [0.1, 0.15) is 6.33 Å². The summed E-state index contributed by atoms with van der Waals surface area (Å²) in [6.07, 6.45) is 1.03. The maximum atomic E-state index is 11.5. The Bertz CT molecular complexity index is 670. The molecule has 0 saturated carbocycles. The number of aromatic amines is 1. The summed E-state index contributed by atoms with van der Waals surface area (Å²) in [5.41, 5.74) is 9.39. The molecule has 3 amide bonds. The van der Waals surface area contributed by atoms with Crippen molar-refractivity contribution in [2.75, 3.05) is 5.73 Å². The van der Waals surface area contributed by atoms with E-state index in [0.717, 1.165) is 10.9 Å². The van der Waals surface area contributed by atoms with Crippen molar-refractivity contribution in [2.24, 2.45) is 5.73 Å². The van der Waals surface area contributed by atoms with Crippen molar-refractivity contribution in [2.45, 2.75) is 0 Å². The molecule has 2 aromatic heterocycles.